The summed E-state index contributed by atoms with van der Waals surface area (Å²) in [4.78, 5) is 11.2. The molecule has 1 saturated carbocycles. The molecule has 0 atom stereocenters. The zero-order valence-electron chi connectivity index (χ0n) is 6.25. The molecule has 0 radical (unpaired) electrons. The molecule has 1 fully saturated rings. The highest BCUT2D eigenvalue weighted by atomic mass is 16.3. The second kappa shape index (κ2) is 2.53. The fourth-order valence-corrected chi connectivity index (χ4v) is 1.14. The molecule has 1 heterocycles. The highest BCUT2D eigenvalue weighted by Crippen LogP contribution is 2.30. The fourth-order valence-electron chi connectivity index (χ4n) is 1.14. The Labute approximate surface area is 65.2 Å². The van der Waals surface area contributed by atoms with Crippen molar-refractivity contribution in [2.24, 2.45) is 5.92 Å². The number of carbonyl (C=O) groups excluding carboxylic acids is 1. The molecule has 0 aliphatic heterocycles. The van der Waals surface area contributed by atoms with Gasteiger partial charge in [-0.25, -0.2) is 0 Å². The first-order valence-corrected chi connectivity index (χ1v) is 3.90. The lowest BCUT2D eigenvalue weighted by Crippen LogP contribution is -2.03. The summed E-state index contributed by atoms with van der Waals surface area (Å²) in [6, 6.07) is 1.85. The first-order valence-electron chi connectivity index (χ1n) is 3.90. The van der Waals surface area contributed by atoms with Crippen molar-refractivity contribution in [2.45, 2.75) is 19.3 Å². The van der Waals surface area contributed by atoms with Crippen LogP contribution in [0.25, 0.3) is 0 Å². The molecule has 1 aliphatic rings. The van der Waals surface area contributed by atoms with Crippen LogP contribution in [0.3, 0.4) is 0 Å². The van der Waals surface area contributed by atoms with E-state index in [9.17, 15) is 4.79 Å². The third-order valence-electron chi connectivity index (χ3n) is 1.99. The number of carbonyl (C=O) groups is 1. The maximum absolute atomic E-state index is 11.2. The molecular weight excluding hydrogens is 140 g/mol. The van der Waals surface area contributed by atoms with Crippen LogP contribution in [0.5, 0.6) is 0 Å². The second-order valence-electron chi connectivity index (χ2n) is 3.05. The van der Waals surface area contributed by atoms with E-state index in [4.69, 9.17) is 4.42 Å². The van der Waals surface area contributed by atoms with Gasteiger partial charge in [-0.15, -0.1) is 0 Å². The van der Waals surface area contributed by atoms with Crippen molar-refractivity contribution in [3.63, 3.8) is 0 Å². The molecule has 1 aromatic rings. The van der Waals surface area contributed by atoms with E-state index in [1.807, 2.05) is 6.07 Å². The molecule has 2 rings (SSSR count). The smallest absolute Gasteiger partial charge is 0.140 e. The van der Waals surface area contributed by atoms with Crippen LogP contribution >= 0.6 is 0 Å². The van der Waals surface area contributed by atoms with Crippen molar-refractivity contribution < 1.29 is 9.21 Å². The van der Waals surface area contributed by atoms with Crippen LogP contribution in [0.4, 0.5) is 0 Å². The van der Waals surface area contributed by atoms with Gasteiger partial charge in [-0.3, -0.25) is 4.79 Å². The number of ketones is 1. The zero-order chi connectivity index (χ0) is 7.68. The monoisotopic (exact) mass is 150 g/mol. The minimum absolute atomic E-state index is 0.366. The van der Waals surface area contributed by atoms with E-state index in [2.05, 4.69) is 0 Å². The summed E-state index contributed by atoms with van der Waals surface area (Å²) in [7, 11) is 0. The SMILES string of the molecule is O=C(Cc1ccoc1)C1CC1. The van der Waals surface area contributed by atoms with Gasteiger partial charge in [0.05, 0.1) is 12.5 Å². The first-order chi connectivity index (χ1) is 5.36. The lowest BCUT2D eigenvalue weighted by molar-refractivity contribution is -0.119. The highest BCUT2D eigenvalue weighted by Gasteiger charge is 2.29. The third-order valence-corrected chi connectivity index (χ3v) is 1.99. The van der Waals surface area contributed by atoms with Gasteiger partial charge in [0.1, 0.15) is 5.78 Å². The van der Waals surface area contributed by atoms with Gasteiger partial charge in [-0.05, 0) is 24.5 Å². The Hall–Kier alpha value is -1.05. The highest BCUT2D eigenvalue weighted by molar-refractivity contribution is 5.85. The Morgan fingerprint density at radius 3 is 3.00 bits per heavy atom. The lowest BCUT2D eigenvalue weighted by atomic mass is 10.1. The number of furan rings is 1. The van der Waals surface area contributed by atoms with E-state index in [1.165, 1.54) is 0 Å². The number of rotatable bonds is 3. The Balaban J connectivity index is 1.94. The van der Waals surface area contributed by atoms with E-state index in [-0.39, 0.29) is 0 Å². The molecule has 1 aliphatic carbocycles. The normalized spacial score (nSPS) is 16.7. The number of hydrogen-bond acceptors (Lipinski definition) is 2. The average molecular weight is 150 g/mol. The van der Waals surface area contributed by atoms with Gasteiger partial charge in [0, 0.05) is 12.3 Å². The molecule has 0 aromatic carbocycles. The van der Waals surface area contributed by atoms with Gasteiger partial charge < -0.3 is 4.42 Å². The maximum atomic E-state index is 11.2. The summed E-state index contributed by atoms with van der Waals surface area (Å²) in [5.74, 6) is 0.733. The summed E-state index contributed by atoms with van der Waals surface area (Å²) in [6.07, 6.45) is 5.99. The van der Waals surface area contributed by atoms with Crippen LogP contribution in [0.1, 0.15) is 18.4 Å². The summed E-state index contributed by atoms with van der Waals surface area (Å²) in [5, 5.41) is 0. The van der Waals surface area contributed by atoms with Crippen molar-refractivity contribution in [3.8, 4) is 0 Å². The van der Waals surface area contributed by atoms with Crippen molar-refractivity contribution >= 4 is 5.78 Å². The Bertz CT molecular complexity index is 245. The molecule has 0 saturated heterocycles. The van der Waals surface area contributed by atoms with Crippen LogP contribution in [-0.4, -0.2) is 5.78 Å². The van der Waals surface area contributed by atoms with Gasteiger partial charge in [0.2, 0.25) is 0 Å². The molecule has 58 valence electrons. The second-order valence-corrected chi connectivity index (χ2v) is 3.05. The Kier molecular flexibility index (Phi) is 1.53. The Morgan fingerprint density at radius 2 is 2.45 bits per heavy atom. The largest absolute Gasteiger partial charge is 0.472 e. The van der Waals surface area contributed by atoms with E-state index < -0.39 is 0 Å². The molecule has 0 unspecified atom stereocenters. The van der Waals surface area contributed by atoms with Gasteiger partial charge >= 0.3 is 0 Å². The molecule has 11 heavy (non-hydrogen) atoms. The van der Waals surface area contributed by atoms with Crippen LogP contribution in [-0.2, 0) is 11.2 Å². The molecular formula is C9H10O2. The summed E-state index contributed by atoms with van der Waals surface area (Å²) >= 11 is 0. The number of Topliss-reactive ketones (excluding diaryl/α,β-unsaturated/α-hetero) is 1. The summed E-state index contributed by atoms with van der Waals surface area (Å²) in [5.41, 5.74) is 1.00. The van der Waals surface area contributed by atoms with Gasteiger partial charge in [0.15, 0.2) is 0 Å². The minimum atomic E-state index is 0.366. The van der Waals surface area contributed by atoms with Crippen molar-refractivity contribution in [3.05, 3.63) is 24.2 Å². The predicted octanol–water partition coefficient (Wildman–Crippen LogP) is 1.80. The molecule has 0 amide bonds. The van der Waals surface area contributed by atoms with E-state index in [0.717, 1.165) is 18.4 Å². The lowest BCUT2D eigenvalue weighted by Gasteiger charge is -1.92. The van der Waals surface area contributed by atoms with Crippen LogP contribution in [0, 0.1) is 5.92 Å². The predicted molar refractivity (Wildman–Crippen MR) is 40.1 cm³/mol. The van der Waals surface area contributed by atoms with Crippen LogP contribution in [0.15, 0.2) is 23.0 Å². The molecule has 2 nitrogen and oxygen atoms in total. The first kappa shape index (κ1) is 6.65. The van der Waals surface area contributed by atoms with Crippen molar-refractivity contribution in [2.75, 3.05) is 0 Å². The molecule has 0 N–H and O–H groups in total. The zero-order valence-corrected chi connectivity index (χ0v) is 6.25. The van der Waals surface area contributed by atoms with Crippen LogP contribution in [0.2, 0.25) is 0 Å². The quantitative estimate of drug-likeness (QED) is 0.657. The topological polar surface area (TPSA) is 30.2 Å². The van der Waals surface area contributed by atoms with Gasteiger partial charge in [-0.2, -0.15) is 0 Å². The third kappa shape index (κ3) is 1.50. The average Bonchev–Trinajstić information content (AvgIpc) is 2.73. The van der Waals surface area contributed by atoms with Crippen LogP contribution < -0.4 is 0 Å². The maximum Gasteiger partial charge on any atom is 0.140 e. The molecule has 0 bridgehead atoms. The molecule has 0 spiro atoms. The standard InChI is InChI=1S/C9H10O2/c10-9(8-1-2-8)5-7-3-4-11-6-7/h3-4,6,8H,1-2,5H2. The number of hydrogen-bond donors (Lipinski definition) is 0. The van der Waals surface area contributed by atoms with Crippen molar-refractivity contribution in [1.29, 1.82) is 0 Å². The summed E-state index contributed by atoms with van der Waals surface area (Å²) in [6.45, 7) is 0. The summed E-state index contributed by atoms with van der Waals surface area (Å²) < 4.78 is 4.86. The van der Waals surface area contributed by atoms with Gasteiger partial charge in [-0.1, -0.05) is 0 Å². The van der Waals surface area contributed by atoms with Gasteiger partial charge in [0.25, 0.3) is 0 Å². The minimum Gasteiger partial charge on any atom is -0.472 e. The molecule has 2 heteroatoms. The van der Waals surface area contributed by atoms with E-state index >= 15 is 0 Å². The Morgan fingerprint density at radius 1 is 1.64 bits per heavy atom. The van der Waals surface area contributed by atoms with E-state index in [0.29, 0.717) is 18.1 Å². The van der Waals surface area contributed by atoms with Crippen molar-refractivity contribution in [1.82, 2.24) is 0 Å². The van der Waals surface area contributed by atoms with E-state index in [1.54, 1.807) is 12.5 Å². The fraction of sp³-hybridized carbons (Fsp3) is 0.444. The molecule has 1 aromatic heterocycles.